The highest BCUT2D eigenvalue weighted by Crippen LogP contribution is 2.39. The van der Waals surface area contributed by atoms with Gasteiger partial charge in [-0.3, -0.25) is 9.59 Å². The quantitative estimate of drug-likeness (QED) is 0.629. The van der Waals surface area contributed by atoms with E-state index in [2.05, 4.69) is 9.47 Å². The number of hydrogen-bond acceptors (Lipinski definition) is 4. The van der Waals surface area contributed by atoms with Crippen LogP contribution in [-0.2, 0) is 14.3 Å². The van der Waals surface area contributed by atoms with Crippen molar-refractivity contribution in [3.05, 3.63) is 29.3 Å². The molecule has 124 valence electrons. The third-order valence-corrected chi connectivity index (χ3v) is 5.47. The van der Waals surface area contributed by atoms with E-state index >= 15 is 0 Å². The van der Waals surface area contributed by atoms with Gasteiger partial charge in [-0.05, 0) is 54.9 Å². The molecule has 2 aliphatic rings. The van der Waals surface area contributed by atoms with Crippen LogP contribution in [0.2, 0.25) is 0 Å². The Morgan fingerprint density at radius 1 is 1.09 bits per heavy atom. The fourth-order valence-electron chi connectivity index (χ4n) is 3.87. The standard InChI is InChI=1S/C18H23O4P/c1-11-2-3-14(22-23)10-15(11)18-16(19)8-13(9-17(18)20)12-4-6-21-7-5-12/h2-3,10,12-13,18H,4-9,23H2,1H3. The third-order valence-electron chi connectivity index (χ3n) is 5.20. The van der Waals surface area contributed by atoms with Crippen molar-refractivity contribution in [3.63, 3.8) is 0 Å². The molecule has 1 heterocycles. The predicted octanol–water partition coefficient (Wildman–Crippen LogP) is 3.22. The molecule has 1 aliphatic heterocycles. The zero-order valence-corrected chi connectivity index (χ0v) is 14.6. The summed E-state index contributed by atoms with van der Waals surface area (Å²) in [5, 5.41) is 0. The van der Waals surface area contributed by atoms with Crippen molar-refractivity contribution in [1.82, 2.24) is 0 Å². The van der Waals surface area contributed by atoms with Crippen molar-refractivity contribution in [2.45, 2.75) is 38.5 Å². The van der Waals surface area contributed by atoms with Crippen molar-refractivity contribution in [3.8, 4) is 5.75 Å². The molecular weight excluding hydrogens is 311 g/mol. The third kappa shape index (κ3) is 3.49. The van der Waals surface area contributed by atoms with E-state index in [-0.39, 0.29) is 17.5 Å². The van der Waals surface area contributed by atoms with Gasteiger partial charge in [-0.1, -0.05) is 6.07 Å². The number of ether oxygens (including phenoxy) is 1. The Labute approximate surface area is 139 Å². The van der Waals surface area contributed by atoms with E-state index in [1.807, 2.05) is 25.1 Å². The van der Waals surface area contributed by atoms with Crippen molar-refractivity contribution >= 4 is 21.0 Å². The first kappa shape index (κ1) is 16.6. The number of aryl methyl sites for hydroxylation is 1. The molecule has 1 aliphatic carbocycles. The maximum Gasteiger partial charge on any atom is 0.148 e. The molecule has 1 aromatic carbocycles. The van der Waals surface area contributed by atoms with Gasteiger partial charge < -0.3 is 9.26 Å². The lowest BCUT2D eigenvalue weighted by atomic mass is 9.70. The number of Topliss-reactive ketones (excluding diaryl/α,β-unsaturated/α-hetero) is 2. The number of benzene rings is 1. The molecule has 23 heavy (non-hydrogen) atoms. The second kappa shape index (κ2) is 7.11. The first-order valence-corrected chi connectivity index (χ1v) is 8.67. The molecule has 5 heteroatoms. The largest absolute Gasteiger partial charge is 0.480 e. The average Bonchev–Trinajstić information content (AvgIpc) is 2.56. The second-order valence-electron chi connectivity index (χ2n) is 6.62. The number of carbonyl (C=O) groups excluding carboxylic acids is 2. The van der Waals surface area contributed by atoms with Crippen LogP contribution in [0.15, 0.2) is 18.2 Å². The number of hydrogen-bond donors (Lipinski definition) is 0. The normalized spacial score (nSPS) is 26.3. The molecule has 0 radical (unpaired) electrons. The van der Waals surface area contributed by atoms with Crippen LogP contribution in [0.5, 0.6) is 5.75 Å². The van der Waals surface area contributed by atoms with Crippen LogP contribution in [0.3, 0.4) is 0 Å². The number of ketones is 2. The Hall–Kier alpha value is -1.25. The van der Waals surface area contributed by atoms with E-state index in [1.165, 1.54) is 0 Å². The summed E-state index contributed by atoms with van der Waals surface area (Å²) in [4.78, 5) is 25.4. The fraction of sp³-hybridized carbons (Fsp3) is 0.556. The summed E-state index contributed by atoms with van der Waals surface area (Å²) in [6.07, 6.45) is 2.94. The molecular formula is C18H23O4P. The molecule has 1 saturated carbocycles. The Bertz CT molecular complexity index is 589. The molecule has 1 aromatic rings. The van der Waals surface area contributed by atoms with E-state index in [4.69, 9.17) is 9.26 Å². The SMILES string of the molecule is Cc1ccc(OP)cc1C1C(=O)CC(C2CCOCC2)CC1=O. The first-order chi connectivity index (χ1) is 11.1. The second-order valence-corrected chi connectivity index (χ2v) is 6.86. The molecule has 1 saturated heterocycles. The van der Waals surface area contributed by atoms with Gasteiger partial charge in [0.05, 0.1) is 9.47 Å². The van der Waals surface area contributed by atoms with Gasteiger partial charge in [-0.25, -0.2) is 0 Å². The first-order valence-electron chi connectivity index (χ1n) is 8.20. The zero-order valence-electron chi connectivity index (χ0n) is 13.4. The molecule has 0 bridgehead atoms. The smallest absolute Gasteiger partial charge is 0.148 e. The Kier molecular flexibility index (Phi) is 5.13. The predicted molar refractivity (Wildman–Crippen MR) is 90.5 cm³/mol. The topological polar surface area (TPSA) is 52.6 Å². The Morgan fingerprint density at radius 2 is 1.74 bits per heavy atom. The minimum Gasteiger partial charge on any atom is -0.480 e. The highest BCUT2D eigenvalue weighted by molar-refractivity contribution is 7.10. The van der Waals surface area contributed by atoms with Gasteiger partial charge in [0.1, 0.15) is 23.2 Å². The highest BCUT2D eigenvalue weighted by Gasteiger charge is 2.40. The van der Waals surface area contributed by atoms with Crippen LogP contribution in [-0.4, -0.2) is 24.8 Å². The number of carbonyl (C=O) groups is 2. The van der Waals surface area contributed by atoms with Crippen molar-refractivity contribution in [1.29, 1.82) is 0 Å². The zero-order chi connectivity index (χ0) is 16.4. The van der Waals surface area contributed by atoms with Gasteiger partial charge in [-0.15, -0.1) is 0 Å². The Balaban J connectivity index is 1.80. The highest BCUT2D eigenvalue weighted by atomic mass is 31.0. The molecule has 1 atom stereocenters. The summed E-state index contributed by atoms with van der Waals surface area (Å²) >= 11 is 0. The molecule has 1 unspecified atom stereocenters. The van der Waals surface area contributed by atoms with Crippen LogP contribution in [0.1, 0.15) is 42.7 Å². The summed E-state index contributed by atoms with van der Waals surface area (Å²) in [6.45, 7) is 3.44. The average molecular weight is 334 g/mol. The monoisotopic (exact) mass is 334 g/mol. The van der Waals surface area contributed by atoms with E-state index in [0.717, 1.165) is 37.2 Å². The van der Waals surface area contributed by atoms with E-state index in [1.54, 1.807) is 0 Å². The Morgan fingerprint density at radius 3 is 2.35 bits per heavy atom. The fourth-order valence-corrected chi connectivity index (χ4v) is 4.02. The van der Waals surface area contributed by atoms with Crippen molar-refractivity contribution in [2.24, 2.45) is 11.8 Å². The van der Waals surface area contributed by atoms with Crippen LogP contribution in [0.4, 0.5) is 0 Å². The minimum absolute atomic E-state index is 0.0572. The van der Waals surface area contributed by atoms with E-state index < -0.39 is 5.92 Å². The van der Waals surface area contributed by atoms with Gasteiger partial charge in [0, 0.05) is 26.1 Å². The summed E-state index contributed by atoms with van der Waals surface area (Å²) in [7, 11) is 2.20. The summed E-state index contributed by atoms with van der Waals surface area (Å²) < 4.78 is 10.6. The van der Waals surface area contributed by atoms with E-state index in [9.17, 15) is 9.59 Å². The van der Waals surface area contributed by atoms with Gasteiger partial charge in [0.25, 0.3) is 0 Å². The maximum atomic E-state index is 12.7. The lowest BCUT2D eigenvalue weighted by Crippen LogP contribution is -2.36. The van der Waals surface area contributed by atoms with Gasteiger partial charge in [-0.2, -0.15) is 0 Å². The lowest BCUT2D eigenvalue weighted by Gasteiger charge is -2.34. The van der Waals surface area contributed by atoms with Crippen molar-refractivity contribution < 1.29 is 18.8 Å². The van der Waals surface area contributed by atoms with Crippen molar-refractivity contribution in [2.75, 3.05) is 13.2 Å². The molecule has 3 rings (SSSR count). The lowest BCUT2D eigenvalue weighted by molar-refractivity contribution is -0.135. The van der Waals surface area contributed by atoms with Gasteiger partial charge in [0.2, 0.25) is 0 Å². The van der Waals surface area contributed by atoms with E-state index in [0.29, 0.717) is 24.5 Å². The summed E-state index contributed by atoms with van der Waals surface area (Å²) in [6, 6.07) is 5.56. The molecule has 0 aromatic heterocycles. The summed E-state index contributed by atoms with van der Waals surface area (Å²) in [5.41, 5.74) is 1.76. The minimum atomic E-state index is -0.619. The van der Waals surface area contributed by atoms with Gasteiger partial charge in [0.15, 0.2) is 0 Å². The molecule has 4 nitrogen and oxygen atoms in total. The maximum absolute atomic E-state index is 12.7. The molecule has 0 amide bonds. The van der Waals surface area contributed by atoms with Crippen LogP contribution in [0, 0.1) is 18.8 Å². The van der Waals surface area contributed by atoms with Crippen LogP contribution in [0.25, 0.3) is 0 Å². The summed E-state index contributed by atoms with van der Waals surface area (Å²) in [5.74, 6) is 0.787. The molecule has 2 fully saturated rings. The molecule has 0 spiro atoms. The van der Waals surface area contributed by atoms with Crippen LogP contribution < -0.4 is 4.52 Å². The van der Waals surface area contributed by atoms with Crippen LogP contribution >= 0.6 is 9.47 Å². The number of rotatable bonds is 3. The molecule has 0 N–H and O–H groups in total. The van der Waals surface area contributed by atoms with Gasteiger partial charge >= 0.3 is 0 Å².